The van der Waals surface area contributed by atoms with Crippen molar-refractivity contribution in [3.63, 3.8) is 0 Å². The van der Waals surface area contributed by atoms with Crippen molar-refractivity contribution in [2.75, 3.05) is 40.3 Å². The second-order valence-corrected chi connectivity index (χ2v) is 5.76. The number of hydrogen-bond acceptors (Lipinski definition) is 3. The van der Waals surface area contributed by atoms with Gasteiger partial charge in [-0.2, -0.15) is 0 Å². The third-order valence-electron chi connectivity index (χ3n) is 3.96. The van der Waals surface area contributed by atoms with Crippen molar-refractivity contribution < 1.29 is 4.79 Å². The highest BCUT2D eigenvalue weighted by molar-refractivity contribution is 5.81. The third-order valence-corrected chi connectivity index (χ3v) is 3.96. The summed E-state index contributed by atoms with van der Waals surface area (Å²) in [5, 5.41) is 3.32. The van der Waals surface area contributed by atoms with Crippen molar-refractivity contribution in [2.45, 2.75) is 18.9 Å². The summed E-state index contributed by atoms with van der Waals surface area (Å²) in [6, 6.07) is 10.5. The monoisotopic (exact) mass is 275 g/mol. The Morgan fingerprint density at radius 1 is 1.40 bits per heavy atom. The largest absolute Gasteiger partial charge is 0.347 e. The Balaban J connectivity index is 2.03. The van der Waals surface area contributed by atoms with Gasteiger partial charge < -0.3 is 10.2 Å². The normalized spacial score (nSPS) is 21.4. The van der Waals surface area contributed by atoms with Gasteiger partial charge in [0.1, 0.15) is 6.04 Å². The summed E-state index contributed by atoms with van der Waals surface area (Å²) in [5.41, 5.74) is 1.34. The zero-order chi connectivity index (χ0) is 14.5. The van der Waals surface area contributed by atoms with Crippen molar-refractivity contribution in [3.8, 4) is 0 Å². The number of benzene rings is 1. The average molecular weight is 275 g/mol. The molecule has 1 heterocycles. The van der Waals surface area contributed by atoms with Crippen LogP contribution in [0.3, 0.4) is 0 Å². The molecule has 0 bridgehead atoms. The first-order valence-corrected chi connectivity index (χ1v) is 7.30. The molecule has 1 amide bonds. The first kappa shape index (κ1) is 15.0. The predicted octanol–water partition coefficient (Wildman–Crippen LogP) is 1.15. The van der Waals surface area contributed by atoms with E-state index in [0.29, 0.717) is 5.92 Å². The first-order valence-electron chi connectivity index (χ1n) is 7.30. The number of nitrogens with one attached hydrogen (secondary N) is 1. The molecule has 0 aromatic heterocycles. The number of piperazine rings is 1. The lowest BCUT2D eigenvalue weighted by Crippen LogP contribution is -2.58. The molecule has 4 nitrogen and oxygen atoms in total. The SMILES string of the molecule is CC(CN1CCNCC1C(=O)N(C)C)c1ccccc1. The van der Waals surface area contributed by atoms with Crippen LogP contribution in [0, 0.1) is 0 Å². The van der Waals surface area contributed by atoms with Gasteiger partial charge in [0.25, 0.3) is 0 Å². The Bertz CT molecular complexity index is 433. The van der Waals surface area contributed by atoms with Crippen molar-refractivity contribution in [1.29, 1.82) is 0 Å². The van der Waals surface area contributed by atoms with Gasteiger partial charge in [0, 0.05) is 40.3 Å². The molecule has 0 aliphatic carbocycles. The fourth-order valence-electron chi connectivity index (χ4n) is 2.75. The average Bonchev–Trinajstić information content (AvgIpc) is 2.48. The van der Waals surface area contributed by atoms with E-state index in [0.717, 1.165) is 26.2 Å². The number of hydrogen-bond donors (Lipinski definition) is 1. The first-order chi connectivity index (χ1) is 9.59. The van der Waals surface area contributed by atoms with Gasteiger partial charge in [-0.15, -0.1) is 0 Å². The van der Waals surface area contributed by atoms with Crippen LogP contribution in [0.4, 0.5) is 0 Å². The molecule has 2 unspecified atom stereocenters. The van der Waals surface area contributed by atoms with E-state index in [1.807, 2.05) is 20.2 Å². The summed E-state index contributed by atoms with van der Waals surface area (Å²) in [6.45, 7) is 5.79. The zero-order valence-corrected chi connectivity index (χ0v) is 12.7. The van der Waals surface area contributed by atoms with E-state index >= 15 is 0 Å². The lowest BCUT2D eigenvalue weighted by atomic mass is 9.99. The third kappa shape index (κ3) is 3.58. The van der Waals surface area contributed by atoms with Gasteiger partial charge in [-0.05, 0) is 11.5 Å². The van der Waals surface area contributed by atoms with E-state index in [1.165, 1.54) is 5.56 Å². The molecule has 2 atom stereocenters. The summed E-state index contributed by atoms with van der Waals surface area (Å²) in [6.07, 6.45) is 0. The van der Waals surface area contributed by atoms with Crippen LogP contribution in [0.15, 0.2) is 30.3 Å². The van der Waals surface area contributed by atoms with Crippen LogP contribution in [0.2, 0.25) is 0 Å². The van der Waals surface area contributed by atoms with E-state index in [4.69, 9.17) is 0 Å². The maximum atomic E-state index is 12.3. The number of amides is 1. The summed E-state index contributed by atoms with van der Waals surface area (Å²) in [4.78, 5) is 16.3. The second-order valence-electron chi connectivity index (χ2n) is 5.76. The topological polar surface area (TPSA) is 35.6 Å². The van der Waals surface area contributed by atoms with E-state index in [2.05, 4.69) is 41.4 Å². The van der Waals surface area contributed by atoms with Crippen LogP contribution < -0.4 is 5.32 Å². The van der Waals surface area contributed by atoms with Crippen LogP contribution in [0.25, 0.3) is 0 Å². The van der Waals surface area contributed by atoms with Crippen molar-refractivity contribution >= 4 is 5.91 Å². The molecule has 1 aliphatic rings. The zero-order valence-electron chi connectivity index (χ0n) is 12.7. The Labute approximate surface area is 121 Å². The van der Waals surface area contributed by atoms with Crippen molar-refractivity contribution in [2.24, 2.45) is 0 Å². The van der Waals surface area contributed by atoms with E-state index in [-0.39, 0.29) is 11.9 Å². The molecule has 0 spiro atoms. The standard InChI is InChI=1S/C16H25N3O/c1-13(14-7-5-4-6-8-14)12-19-10-9-17-11-15(19)16(20)18(2)3/h4-8,13,15,17H,9-12H2,1-3H3. The number of carbonyl (C=O) groups is 1. The highest BCUT2D eigenvalue weighted by Gasteiger charge is 2.30. The van der Waals surface area contributed by atoms with Gasteiger partial charge in [0.15, 0.2) is 0 Å². The molecule has 1 aliphatic heterocycles. The van der Waals surface area contributed by atoms with Gasteiger partial charge in [-0.1, -0.05) is 37.3 Å². The van der Waals surface area contributed by atoms with E-state index in [9.17, 15) is 4.79 Å². The Kier molecular flexibility index (Phi) is 5.15. The molecule has 1 aromatic rings. The van der Waals surface area contributed by atoms with Crippen LogP contribution >= 0.6 is 0 Å². The molecular formula is C16H25N3O. The number of likely N-dealkylation sites (N-methyl/N-ethyl adjacent to an activating group) is 1. The summed E-state index contributed by atoms with van der Waals surface area (Å²) in [7, 11) is 3.66. The molecule has 1 N–H and O–H groups in total. The van der Waals surface area contributed by atoms with Crippen LogP contribution in [-0.2, 0) is 4.79 Å². The highest BCUT2D eigenvalue weighted by atomic mass is 16.2. The molecule has 1 saturated heterocycles. The maximum absolute atomic E-state index is 12.3. The molecule has 110 valence electrons. The van der Waals surface area contributed by atoms with Crippen molar-refractivity contribution in [3.05, 3.63) is 35.9 Å². The highest BCUT2D eigenvalue weighted by Crippen LogP contribution is 2.18. The summed E-state index contributed by atoms with van der Waals surface area (Å²) < 4.78 is 0. The fraction of sp³-hybridized carbons (Fsp3) is 0.562. The predicted molar refractivity (Wildman–Crippen MR) is 81.8 cm³/mol. The molecule has 20 heavy (non-hydrogen) atoms. The number of carbonyl (C=O) groups excluding carboxylic acids is 1. The second kappa shape index (κ2) is 6.86. The smallest absolute Gasteiger partial charge is 0.240 e. The minimum absolute atomic E-state index is 0.0371. The molecule has 4 heteroatoms. The van der Waals surface area contributed by atoms with Gasteiger partial charge in [-0.3, -0.25) is 9.69 Å². The Hall–Kier alpha value is -1.39. The minimum atomic E-state index is -0.0371. The molecular weight excluding hydrogens is 250 g/mol. The Morgan fingerprint density at radius 3 is 2.75 bits per heavy atom. The summed E-state index contributed by atoms with van der Waals surface area (Å²) in [5.74, 6) is 0.629. The van der Waals surface area contributed by atoms with Gasteiger partial charge in [0.2, 0.25) is 5.91 Å². The lowest BCUT2D eigenvalue weighted by Gasteiger charge is -2.37. The Morgan fingerprint density at radius 2 is 2.10 bits per heavy atom. The molecule has 2 rings (SSSR count). The quantitative estimate of drug-likeness (QED) is 0.895. The fourth-order valence-corrected chi connectivity index (χ4v) is 2.75. The lowest BCUT2D eigenvalue weighted by molar-refractivity contribution is -0.135. The summed E-state index contributed by atoms with van der Waals surface area (Å²) >= 11 is 0. The maximum Gasteiger partial charge on any atom is 0.240 e. The number of nitrogens with zero attached hydrogens (tertiary/aromatic N) is 2. The molecule has 1 aromatic carbocycles. The van der Waals surface area contributed by atoms with Crippen LogP contribution in [0.1, 0.15) is 18.4 Å². The molecule has 0 saturated carbocycles. The minimum Gasteiger partial charge on any atom is -0.347 e. The molecule has 1 fully saturated rings. The number of rotatable bonds is 4. The van der Waals surface area contributed by atoms with Gasteiger partial charge in [0.05, 0.1) is 0 Å². The van der Waals surface area contributed by atoms with E-state index < -0.39 is 0 Å². The molecule has 0 radical (unpaired) electrons. The van der Waals surface area contributed by atoms with E-state index in [1.54, 1.807) is 4.90 Å². The van der Waals surface area contributed by atoms with Crippen LogP contribution in [0.5, 0.6) is 0 Å². The van der Waals surface area contributed by atoms with Gasteiger partial charge in [-0.25, -0.2) is 0 Å². The van der Waals surface area contributed by atoms with Crippen molar-refractivity contribution in [1.82, 2.24) is 15.1 Å². The van der Waals surface area contributed by atoms with Crippen LogP contribution in [-0.4, -0.2) is 62.0 Å². The van der Waals surface area contributed by atoms with Gasteiger partial charge >= 0.3 is 0 Å².